The van der Waals surface area contributed by atoms with Gasteiger partial charge in [-0.25, -0.2) is 9.78 Å². The molecular formula is C16H19N3O. The van der Waals surface area contributed by atoms with Gasteiger partial charge in [0, 0.05) is 18.2 Å². The lowest BCUT2D eigenvalue weighted by molar-refractivity contribution is 0.249. The van der Waals surface area contributed by atoms with E-state index < -0.39 is 0 Å². The Hall–Kier alpha value is -2.36. The molecule has 4 heteroatoms. The summed E-state index contributed by atoms with van der Waals surface area (Å²) >= 11 is 0. The van der Waals surface area contributed by atoms with Crippen molar-refractivity contribution in [1.82, 2.24) is 10.3 Å². The average Bonchev–Trinajstić information content (AvgIpc) is 2.47. The highest BCUT2D eigenvalue weighted by atomic mass is 16.2. The van der Waals surface area contributed by atoms with E-state index in [0.29, 0.717) is 12.4 Å². The van der Waals surface area contributed by atoms with Gasteiger partial charge in [-0.2, -0.15) is 0 Å². The Morgan fingerprint density at radius 3 is 2.45 bits per heavy atom. The number of anilines is 1. The van der Waals surface area contributed by atoms with Crippen LogP contribution in [0.2, 0.25) is 0 Å². The second kappa shape index (κ2) is 6.19. The van der Waals surface area contributed by atoms with Crippen molar-refractivity contribution in [3.8, 4) is 0 Å². The van der Waals surface area contributed by atoms with Crippen LogP contribution in [-0.4, -0.2) is 17.6 Å². The van der Waals surface area contributed by atoms with Crippen molar-refractivity contribution in [2.75, 3.05) is 11.9 Å². The number of amides is 2. The predicted octanol–water partition coefficient (Wildman–Crippen LogP) is 3.18. The van der Waals surface area contributed by atoms with Gasteiger partial charge in [0.1, 0.15) is 5.82 Å². The molecule has 0 unspecified atom stereocenters. The average molecular weight is 269 g/mol. The minimum atomic E-state index is -0.243. The zero-order chi connectivity index (χ0) is 14.4. The van der Waals surface area contributed by atoms with Crippen LogP contribution in [0, 0.1) is 0 Å². The molecule has 0 bridgehead atoms. The number of carbonyl (C=O) groups is 1. The standard InChI is InChI=1S/C16H19N3O/c1-16(2,13-8-4-3-5-9-13)12-18-15(20)19-14-10-6-7-11-17-14/h3-11H,12H2,1-2H3,(H2,17,18,19,20). The lowest BCUT2D eigenvalue weighted by atomic mass is 9.85. The van der Waals surface area contributed by atoms with Gasteiger partial charge in [0.2, 0.25) is 0 Å². The smallest absolute Gasteiger partial charge is 0.320 e. The minimum Gasteiger partial charge on any atom is -0.337 e. The van der Waals surface area contributed by atoms with Gasteiger partial charge in [-0.15, -0.1) is 0 Å². The van der Waals surface area contributed by atoms with Gasteiger partial charge in [-0.1, -0.05) is 50.2 Å². The van der Waals surface area contributed by atoms with Crippen LogP contribution < -0.4 is 10.6 Å². The first-order chi connectivity index (χ1) is 9.58. The van der Waals surface area contributed by atoms with Crippen molar-refractivity contribution in [3.05, 3.63) is 60.3 Å². The molecule has 0 atom stereocenters. The quantitative estimate of drug-likeness (QED) is 0.895. The molecule has 20 heavy (non-hydrogen) atoms. The SMILES string of the molecule is CC(C)(CNC(=O)Nc1ccccn1)c1ccccc1. The molecule has 2 aromatic rings. The number of nitrogens with one attached hydrogen (secondary N) is 2. The fraction of sp³-hybridized carbons (Fsp3) is 0.250. The Morgan fingerprint density at radius 1 is 1.10 bits per heavy atom. The second-order valence-corrected chi connectivity index (χ2v) is 5.27. The number of urea groups is 1. The summed E-state index contributed by atoms with van der Waals surface area (Å²) in [5.74, 6) is 0.544. The summed E-state index contributed by atoms with van der Waals surface area (Å²) in [7, 11) is 0. The third-order valence-corrected chi connectivity index (χ3v) is 3.15. The van der Waals surface area contributed by atoms with Gasteiger partial charge in [0.15, 0.2) is 0 Å². The molecule has 104 valence electrons. The number of hydrogen-bond donors (Lipinski definition) is 2. The molecule has 2 rings (SSSR count). The van der Waals surface area contributed by atoms with Gasteiger partial charge in [0.25, 0.3) is 0 Å². The Kier molecular flexibility index (Phi) is 4.35. The van der Waals surface area contributed by atoms with Crippen LogP contribution in [-0.2, 0) is 5.41 Å². The molecule has 0 saturated heterocycles. The molecule has 2 N–H and O–H groups in total. The molecule has 0 aliphatic heterocycles. The fourth-order valence-corrected chi connectivity index (χ4v) is 1.89. The molecule has 0 fully saturated rings. The lowest BCUT2D eigenvalue weighted by Crippen LogP contribution is -2.39. The Bertz CT molecular complexity index is 552. The lowest BCUT2D eigenvalue weighted by Gasteiger charge is -2.25. The number of pyridine rings is 1. The monoisotopic (exact) mass is 269 g/mol. The molecule has 0 radical (unpaired) electrons. The van der Waals surface area contributed by atoms with E-state index in [-0.39, 0.29) is 11.4 Å². The number of nitrogens with zero attached hydrogens (tertiary/aromatic N) is 1. The maximum absolute atomic E-state index is 11.8. The molecule has 1 heterocycles. The van der Waals surface area contributed by atoms with Crippen molar-refractivity contribution in [2.45, 2.75) is 19.3 Å². The summed E-state index contributed by atoms with van der Waals surface area (Å²) in [6.07, 6.45) is 1.64. The molecule has 1 aromatic carbocycles. The number of rotatable bonds is 4. The highest BCUT2D eigenvalue weighted by Crippen LogP contribution is 2.21. The van der Waals surface area contributed by atoms with Crippen molar-refractivity contribution in [1.29, 1.82) is 0 Å². The summed E-state index contributed by atoms with van der Waals surface area (Å²) in [6.45, 7) is 4.75. The molecule has 0 saturated carbocycles. The molecule has 0 aliphatic carbocycles. The minimum absolute atomic E-state index is 0.122. The summed E-state index contributed by atoms with van der Waals surface area (Å²) in [5.41, 5.74) is 1.07. The third kappa shape index (κ3) is 3.82. The number of hydrogen-bond acceptors (Lipinski definition) is 2. The maximum atomic E-state index is 11.8. The van der Waals surface area contributed by atoms with Crippen LogP contribution in [0.1, 0.15) is 19.4 Å². The van der Waals surface area contributed by atoms with Gasteiger partial charge >= 0.3 is 6.03 Å². The Balaban J connectivity index is 1.90. The van der Waals surface area contributed by atoms with E-state index in [1.807, 2.05) is 30.3 Å². The molecule has 4 nitrogen and oxygen atoms in total. The molecule has 2 amide bonds. The topological polar surface area (TPSA) is 54.0 Å². The van der Waals surface area contributed by atoms with E-state index in [9.17, 15) is 4.79 Å². The van der Waals surface area contributed by atoms with E-state index in [4.69, 9.17) is 0 Å². The summed E-state index contributed by atoms with van der Waals surface area (Å²) < 4.78 is 0. The summed E-state index contributed by atoms with van der Waals surface area (Å²) in [4.78, 5) is 15.9. The van der Waals surface area contributed by atoms with Crippen LogP contribution in [0.15, 0.2) is 54.7 Å². The second-order valence-electron chi connectivity index (χ2n) is 5.27. The number of carbonyl (C=O) groups excluding carboxylic acids is 1. The summed E-state index contributed by atoms with van der Waals surface area (Å²) in [6, 6.07) is 15.3. The van der Waals surface area contributed by atoms with Crippen LogP contribution in [0.3, 0.4) is 0 Å². The Morgan fingerprint density at radius 2 is 1.80 bits per heavy atom. The van der Waals surface area contributed by atoms with Gasteiger partial charge < -0.3 is 5.32 Å². The van der Waals surface area contributed by atoms with Crippen LogP contribution in [0.5, 0.6) is 0 Å². The van der Waals surface area contributed by atoms with Gasteiger partial charge in [-0.05, 0) is 17.7 Å². The maximum Gasteiger partial charge on any atom is 0.320 e. The van der Waals surface area contributed by atoms with Crippen LogP contribution in [0.25, 0.3) is 0 Å². The highest BCUT2D eigenvalue weighted by molar-refractivity contribution is 5.88. The highest BCUT2D eigenvalue weighted by Gasteiger charge is 2.20. The van der Waals surface area contributed by atoms with E-state index in [1.54, 1.807) is 12.3 Å². The van der Waals surface area contributed by atoms with E-state index >= 15 is 0 Å². The van der Waals surface area contributed by atoms with E-state index in [1.165, 1.54) is 5.56 Å². The third-order valence-electron chi connectivity index (χ3n) is 3.15. The first-order valence-electron chi connectivity index (χ1n) is 6.59. The van der Waals surface area contributed by atoms with E-state index in [0.717, 1.165) is 0 Å². The molecule has 0 aliphatic rings. The summed E-state index contributed by atoms with van der Waals surface area (Å²) in [5, 5.41) is 5.58. The van der Waals surface area contributed by atoms with Gasteiger partial charge in [-0.3, -0.25) is 5.32 Å². The van der Waals surface area contributed by atoms with Crippen molar-refractivity contribution >= 4 is 11.8 Å². The first kappa shape index (κ1) is 14.1. The van der Waals surface area contributed by atoms with Crippen LogP contribution in [0.4, 0.5) is 10.6 Å². The van der Waals surface area contributed by atoms with Crippen molar-refractivity contribution in [2.24, 2.45) is 0 Å². The normalized spacial score (nSPS) is 10.9. The molecule has 1 aromatic heterocycles. The number of benzene rings is 1. The van der Waals surface area contributed by atoms with E-state index in [2.05, 4.69) is 41.6 Å². The number of aromatic nitrogens is 1. The molecular weight excluding hydrogens is 250 g/mol. The van der Waals surface area contributed by atoms with Crippen molar-refractivity contribution < 1.29 is 4.79 Å². The van der Waals surface area contributed by atoms with Crippen LogP contribution >= 0.6 is 0 Å². The zero-order valence-corrected chi connectivity index (χ0v) is 11.8. The fourth-order valence-electron chi connectivity index (χ4n) is 1.89. The zero-order valence-electron chi connectivity index (χ0n) is 11.8. The molecule has 0 spiro atoms. The largest absolute Gasteiger partial charge is 0.337 e. The van der Waals surface area contributed by atoms with Gasteiger partial charge in [0.05, 0.1) is 0 Å². The predicted molar refractivity (Wildman–Crippen MR) is 80.7 cm³/mol. The first-order valence-corrected chi connectivity index (χ1v) is 6.59. The Labute approximate surface area is 119 Å². The van der Waals surface area contributed by atoms with Crippen molar-refractivity contribution in [3.63, 3.8) is 0 Å².